The van der Waals surface area contributed by atoms with Crippen LogP contribution in [-0.2, 0) is 0 Å². The van der Waals surface area contributed by atoms with E-state index < -0.39 is 5.60 Å². The summed E-state index contributed by atoms with van der Waals surface area (Å²) in [7, 11) is 0. The van der Waals surface area contributed by atoms with Crippen LogP contribution in [0.15, 0.2) is 18.2 Å². The topological polar surface area (TPSA) is 48.9 Å². The van der Waals surface area contributed by atoms with Gasteiger partial charge in [-0.2, -0.15) is 5.10 Å². The number of benzene rings is 1. The van der Waals surface area contributed by atoms with E-state index in [1.165, 1.54) is 0 Å². The molecule has 0 aliphatic heterocycles. The van der Waals surface area contributed by atoms with Gasteiger partial charge in [0.2, 0.25) is 0 Å². The van der Waals surface area contributed by atoms with Gasteiger partial charge in [0.1, 0.15) is 11.3 Å². The van der Waals surface area contributed by atoms with Gasteiger partial charge in [-0.3, -0.25) is 5.10 Å². The van der Waals surface area contributed by atoms with Crippen molar-refractivity contribution in [2.24, 2.45) is 0 Å². The van der Waals surface area contributed by atoms with Gasteiger partial charge in [-0.05, 0) is 38.0 Å². The Kier molecular flexibility index (Phi) is 2.63. The number of hydrogen-bond donors (Lipinski definition) is 2. The fourth-order valence-electron chi connectivity index (χ4n) is 1.29. The maximum atomic E-state index is 9.51. The summed E-state index contributed by atoms with van der Waals surface area (Å²) in [6.07, 6.45) is 0. The summed E-state index contributed by atoms with van der Waals surface area (Å²) in [4.78, 5) is 0. The molecule has 0 aliphatic rings. The summed E-state index contributed by atoms with van der Waals surface area (Å²) in [6, 6.07) is 5.40. The second-order valence-corrected chi connectivity index (χ2v) is 4.51. The van der Waals surface area contributed by atoms with Gasteiger partial charge in [-0.1, -0.05) is 17.5 Å². The Labute approximate surface area is 98.4 Å². The minimum absolute atomic E-state index is 0.639. The molecule has 2 N–H and O–H groups in total. The number of H-pyrrole nitrogens is 1. The molecule has 0 unspecified atom stereocenters. The van der Waals surface area contributed by atoms with E-state index in [1.54, 1.807) is 26.0 Å². The molecule has 1 aromatic heterocycles. The van der Waals surface area contributed by atoms with Crippen molar-refractivity contribution in [1.82, 2.24) is 10.2 Å². The number of fused-ring (bicyclic) bond motifs is 1. The van der Waals surface area contributed by atoms with E-state index in [2.05, 4.69) is 22.0 Å². The van der Waals surface area contributed by atoms with Crippen molar-refractivity contribution in [2.45, 2.75) is 19.4 Å². The summed E-state index contributed by atoms with van der Waals surface area (Å²) < 4.78 is 0. The van der Waals surface area contributed by atoms with Gasteiger partial charge in [-0.25, -0.2) is 0 Å². The first-order valence-electron chi connectivity index (χ1n) is 4.85. The number of aromatic nitrogens is 2. The predicted octanol–water partition coefficient (Wildman–Crippen LogP) is 2.34. The molecule has 0 atom stereocenters. The predicted molar refractivity (Wildman–Crippen MR) is 64.3 cm³/mol. The van der Waals surface area contributed by atoms with Crippen molar-refractivity contribution >= 4 is 22.5 Å². The monoisotopic (exact) mass is 234 g/mol. The lowest BCUT2D eigenvalue weighted by Gasteiger charge is -2.05. The zero-order valence-electron chi connectivity index (χ0n) is 9.00. The van der Waals surface area contributed by atoms with Gasteiger partial charge >= 0.3 is 0 Å². The SMILES string of the molecule is CC(C)(O)C#Cc1[nH]nc2ccc(Cl)cc12. The molecule has 1 aromatic carbocycles. The first-order chi connectivity index (χ1) is 7.46. The van der Waals surface area contributed by atoms with Crippen LogP contribution in [-0.4, -0.2) is 20.9 Å². The molecule has 1 heterocycles. The van der Waals surface area contributed by atoms with Crippen molar-refractivity contribution in [2.75, 3.05) is 0 Å². The Morgan fingerprint density at radius 3 is 2.88 bits per heavy atom. The third-order valence-corrected chi connectivity index (χ3v) is 2.24. The number of aromatic amines is 1. The van der Waals surface area contributed by atoms with Gasteiger partial charge in [0, 0.05) is 10.4 Å². The lowest BCUT2D eigenvalue weighted by Crippen LogP contribution is -2.14. The zero-order chi connectivity index (χ0) is 11.8. The first kappa shape index (κ1) is 11.0. The molecule has 2 aromatic rings. The molecule has 0 fully saturated rings. The highest BCUT2D eigenvalue weighted by Gasteiger charge is 2.07. The standard InChI is InChI=1S/C12H11ClN2O/c1-12(2,16)6-5-11-9-7-8(13)3-4-10(9)14-15-11/h3-4,7,16H,1-2H3,(H,14,15). The first-order valence-corrected chi connectivity index (χ1v) is 5.23. The van der Waals surface area contributed by atoms with Gasteiger partial charge in [0.15, 0.2) is 0 Å². The molecule has 4 heteroatoms. The number of nitrogens with one attached hydrogen (secondary N) is 1. The lowest BCUT2D eigenvalue weighted by atomic mass is 10.1. The van der Waals surface area contributed by atoms with Crippen LogP contribution in [0.3, 0.4) is 0 Å². The fourth-order valence-corrected chi connectivity index (χ4v) is 1.47. The van der Waals surface area contributed by atoms with Crippen molar-refractivity contribution in [3.63, 3.8) is 0 Å². The normalized spacial score (nSPS) is 11.2. The molecule has 0 aliphatic carbocycles. The third-order valence-electron chi connectivity index (χ3n) is 2.01. The van der Waals surface area contributed by atoms with Gasteiger partial charge < -0.3 is 5.11 Å². The van der Waals surface area contributed by atoms with Crippen LogP contribution in [0.4, 0.5) is 0 Å². The highest BCUT2D eigenvalue weighted by molar-refractivity contribution is 6.31. The summed E-state index contributed by atoms with van der Waals surface area (Å²) in [6.45, 7) is 3.26. The Morgan fingerprint density at radius 2 is 2.19 bits per heavy atom. The Bertz CT molecular complexity index is 584. The van der Waals surface area contributed by atoms with Crippen LogP contribution < -0.4 is 0 Å². The van der Waals surface area contributed by atoms with Crippen LogP contribution in [0.1, 0.15) is 19.5 Å². The molecular formula is C12H11ClN2O. The second kappa shape index (κ2) is 3.82. The second-order valence-electron chi connectivity index (χ2n) is 4.07. The molecule has 0 bridgehead atoms. The molecular weight excluding hydrogens is 224 g/mol. The number of hydrogen-bond acceptors (Lipinski definition) is 2. The quantitative estimate of drug-likeness (QED) is 0.688. The van der Waals surface area contributed by atoms with Crippen LogP contribution in [0.25, 0.3) is 10.9 Å². The van der Waals surface area contributed by atoms with Gasteiger partial charge in [0.25, 0.3) is 0 Å². The lowest BCUT2D eigenvalue weighted by molar-refractivity contribution is 0.143. The van der Waals surface area contributed by atoms with Crippen LogP contribution in [0.5, 0.6) is 0 Å². The van der Waals surface area contributed by atoms with E-state index in [4.69, 9.17) is 11.6 Å². The average Bonchev–Trinajstić information content (AvgIpc) is 2.56. The summed E-state index contributed by atoms with van der Waals surface area (Å²) in [5, 5.41) is 17.9. The number of rotatable bonds is 0. The van der Waals surface area contributed by atoms with Crippen molar-refractivity contribution in [3.8, 4) is 11.8 Å². The van der Waals surface area contributed by atoms with Crippen LogP contribution in [0.2, 0.25) is 5.02 Å². The fraction of sp³-hybridized carbons (Fsp3) is 0.250. The maximum absolute atomic E-state index is 9.51. The molecule has 0 amide bonds. The van der Waals surface area contributed by atoms with E-state index in [0.29, 0.717) is 10.7 Å². The number of nitrogens with zero attached hydrogens (tertiary/aromatic N) is 1. The Balaban J connectivity index is 2.52. The molecule has 16 heavy (non-hydrogen) atoms. The molecule has 0 saturated heterocycles. The number of aliphatic hydroxyl groups is 1. The highest BCUT2D eigenvalue weighted by Crippen LogP contribution is 2.20. The largest absolute Gasteiger partial charge is 0.378 e. The summed E-state index contributed by atoms with van der Waals surface area (Å²) in [5.74, 6) is 5.59. The van der Waals surface area contributed by atoms with E-state index in [0.717, 1.165) is 10.9 Å². The molecule has 82 valence electrons. The van der Waals surface area contributed by atoms with Crippen LogP contribution in [0, 0.1) is 11.8 Å². The zero-order valence-corrected chi connectivity index (χ0v) is 9.76. The minimum atomic E-state index is -1.02. The molecule has 3 nitrogen and oxygen atoms in total. The van der Waals surface area contributed by atoms with Gasteiger partial charge in [-0.15, -0.1) is 0 Å². The maximum Gasteiger partial charge on any atom is 0.120 e. The highest BCUT2D eigenvalue weighted by atomic mass is 35.5. The average molecular weight is 235 g/mol. The molecule has 0 radical (unpaired) electrons. The van der Waals surface area contributed by atoms with E-state index in [-0.39, 0.29) is 0 Å². The Morgan fingerprint density at radius 1 is 1.44 bits per heavy atom. The van der Waals surface area contributed by atoms with E-state index in [1.807, 2.05) is 6.07 Å². The smallest absolute Gasteiger partial charge is 0.120 e. The number of halogens is 1. The Hall–Kier alpha value is -1.50. The van der Waals surface area contributed by atoms with Crippen LogP contribution >= 0.6 is 11.6 Å². The molecule has 2 rings (SSSR count). The molecule has 0 spiro atoms. The van der Waals surface area contributed by atoms with Crippen molar-refractivity contribution in [3.05, 3.63) is 28.9 Å². The van der Waals surface area contributed by atoms with E-state index >= 15 is 0 Å². The summed E-state index contributed by atoms with van der Waals surface area (Å²) in [5.41, 5.74) is 0.458. The third kappa shape index (κ3) is 2.35. The van der Waals surface area contributed by atoms with Crippen molar-refractivity contribution in [1.29, 1.82) is 0 Å². The minimum Gasteiger partial charge on any atom is -0.378 e. The van der Waals surface area contributed by atoms with E-state index in [9.17, 15) is 5.11 Å². The van der Waals surface area contributed by atoms with Crippen molar-refractivity contribution < 1.29 is 5.11 Å². The van der Waals surface area contributed by atoms with Gasteiger partial charge in [0.05, 0.1) is 5.52 Å². The summed E-state index contributed by atoms with van der Waals surface area (Å²) >= 11 is 5.90. The molecule has 0 saturated carbocycles.